The van der Waals surface area contributed by atoms with Crippen molar-refractivity contribution in [3.05, 3.63) is 71.8 Å². The Labute approximate surface area is 154 Å². The Morgan fingerprint density at radius 1 is 1.08 bits per heavy atom. The maximum Gasteiger partial charge on any atom is 0.347 e. The predicted octanol–water partition coefficient (Wildman–Crippen LogP) is 4.04. The number of carbonyl (C=O) groups excluding carboxylic acids is 2. The Morgan fingerprint density at radius 2 is 1.65 bits per heavy atom. The SMILES string of the molecule is CC(C)(C)OC(=O)[C@]1(Cc2ccccc2)O[C@@H](c2ccccc2)CC1=O. The Bertz CT molecular complexity index is 777. The van der Waals surface area contributed by atoms with Crippen LogP contribution in [0.5, 0.6) is 0 Å². The zero-order valence-electron chi connectivity index (χ0n) is 15.4. The van der Waals surface area contributed by atoms with Gasteiger partial charge in [0.15, 0.2) is 5.78 Å². The van der Waals surface area contributed by atoms with Gasteiger partial charge < -0.3 is 9.47 Å². The highest BCUT2D eigenvalue weighted by molar-refractivity contribution is 6.09. The van der Waals surface area contributed by atoms with Crippen LogP contribution >= 0.6 is 0 Å². The van der Waals surface area contributed by atoms with Gasteiger partial charge in [0.2, 0.25) is 5.60 Å². The summed E-state index contributed by atoms with van der Waals surface area (Å²) in [5.74, 6) is -0.846. The van der Waals surface area contributed by atoms with Gasteiger partial charge in [0.1, 0.15) is 5.60 Å². The molecule has 0 N–H and O–H groups in total. The monoisotopic (exact) mass is 352 g/mol. The van der Waals surface area contributed by atoms with Gasteiger partial charge in [-0.2, -0.15) is 0 Å². The number of hydrogen-bond donors (Lipinski definition) is 0. The molecule has 1 aliphatic rings. The Kier molecular flexibility index (Phi) is 4.97. The third-order valence-electron chi connectivity index (χ3n) is 4.36. The van der Waals surface area contributed by atoms with Crippen LogP contribution in [-0.2, 0) is 25.5 Å². The highest BCUT2D eigenvalue weighted by atomic mass is 16.6. The quantitative estimate of drug-likeness (QED) is 0.615. The molecule has 2 aromatic carbocycles. The summed E-state index contributed by atoms with van der Waals surface area (Å²) in [4.78, 5) is 26.0. The highest BCUT2D eigenvalue weighted by Gasteiger charge is 2.56. The van der Waals surface area contributed by atoms with Crippen molar-refractivity contribution in [2.45, 2.75) is 50.9 Å². The fourth-order valence-electron chi connectivity index (χ4n) is 3.16. The van der Waals surface area contributed by atoms with E-state index in [9.17, 15) is 9.59 Å². The second kappa shape index (κ2) is 7.04. The first-order valence-corrected chi connectivity index (χ1v) is 8.84. The van der Waals surface area contributed by atoms with Crippen LogP contribution in [0.2, 0.25) is 0 Å². The lowest BCUT2D eigenvalue weighted by molar-refractivity contribution is -0.183. The van der Waals surface area contributed by atoms with E-state index in [-0.39, 0.29) is 18.6 Å². The van der Waals surface area contributed by atoms with Crippen LogP contribution in [-0.4, -0.2) is 23.0 Å². The molecule has 0 amide bonds. The van der Waals surface area contributed by atoms with Gasteiger partial charge in [-0.05, 0) is 31.9 Å². The maximum absolute atomic E-state index is 13.0. The van der Waals surface area contributed by atoms with E-state index < -0.39 is 23.3 Å². The largest absolute Gasteiger partial charge is 0.457 e. The van der Waals surface area contributed by atoms with Gasteiger partial charge in [-0.3, -0.25) is 4.79 Å². The molecule has 0 aliphatic carbocycles. The van der Waals surface area contributed by atoms with Gasteiger partial charge in [0.25, 0.3) is 0 Å². The number of Topliss-reactive ketones (excluding diaryl/α,β-unsaturated/α-hetero) is 1. The first-order chi connectivity index (χ1) is 12.3. The summed E-state index contributed by atoms with van der Waals surface area (Å²) < 4.78 is 11.7. The first-order valence-electron chi connectivity index (χ1n) is 8.84. The summed E-state index contributed by atoms with van der Waals surface area (Å²) in [6.07, 6.45) is -0.110. The van der Waals surface area contributed by atoms with Gasteiger partial charge in [-0.15, -0.1) is 0 Å². The molecule has 0 spiro atoms. The Balaban J connectivity index is 1.95. The van der Waals surface area contributed by atoms with E-state index in [0.29, 0.717) is 0 Å². The number of carbonyl (C=O) groups is 2. The van der Waals surface area contributed by atoms with E-state index in [4.69, 9.17) is 9.47 Å². The van der Waals surface area contributed by atoms with E-state index in [1.54, 1.807) is 20.8 Å². The maximum atomic E-state index is 13.0. The number of hydrogen-bond acceptors (Lipinski definition) is 4. The van der Waals surface area contributed by atoms with Gasteiger partial charge in [0, 0.05) is 12.8 Å². The van der Waals surface area contributed by atoms with E-state index in [1.165, 1.54) is 0 Å². The summed E-state index contributed by atoms with van der Waals surface area (Å²) in [6, 6.07) is 19.0. The van der Waals surface area contributed by atoms with Crippen LogP contribution in [0.15, 0.2) is 60.7 Å². The molecular formula is C22H24O4. The molecule has 4 nitrogen and oxygen atoms in total. The van der Waals surface area contributed by atoms with Crippen molar-refractivity contribution in [3.8, 4) is 0 Å². The molecule has 1 saturated heterocycles. The normalized spacial score (nSPS) is 23.0. The van der Waals surface area contributed by atoms with Crippen LogP contribution < -0.4 is 0 Å². The fraction of sp³-hybridized carbons (Fsp3) is 0.364. The molecule has 3 rings (SSSR count). The summed E-state index contributed by atoms with van der Waals surface area (Å²) in [5.41, 5.74) is -0.551. The molecule has 1 aliphatic heterocycles. The summed E-state index contributed by atoms with van der Waals surface area (Å²) in [6.45, 7) is 5.36. The predicted molar refractivity (Wildman–Crippen MR) is 98.6 cm³/mol. The van der Waals surface area contributed by atoms with E-state index >= 15 is 0 Å². The number of rotatable bonds is 4. The average Bonchev–Trinajstić information content (AvgIpc) is 2.93. The lowest BCUT2D eigenvalue weighted by Crippen LogP contribution is -2.50. The summed E-state index contributed by atoms with van der Waals surface area (Å²) >= 11 is 0. The minimum Gasteiger partial charge on any atom is -0.457 e. The topological polar surface area (TPSA) is 52.6 Å². The molecule has 26 heavy (non-hydrogen) atoms. The van der Waals surface area contributed by atoms with Crippen LogP contribution in [0.25, 0.3) is 0 Å². The molecular weight excluding hydrogens is 328 g/mol. The van der Waals surface area contributed by atoms with Crippen LogP contribution in [0.4, 0.5) is 0 Å². The minimum absolute atomic E-state index is 0.163. The standard InChI is InChI=1S/C22H24O4/c1-21(2,3)26-20(24)22(15-16-10-6-4-7-11-16)19(23)14-18(25-22)17-12-8-5-9-13-17/h4-13,18H,14-15H2,1-3H3/t18-,22-/m1/s1. The highest BCUT2D eigenvalue weighted by Crippen LogP contribution is 2.40. The molecule has 1 fully saturated rings. The third kappa shape index (κ3) is 3.86. The van der Waals surface area contributed by atoms with E-state index in [0.717, 1.165) is 11.1 Å². The number of ether oxygens (including phenoxy) is 2. The van der Waals surface area contributed by atoms with Crippen LogP contribution in [0.3, 0.4) is 0 Å². The van der Waals surface area contributed by atoms with Crippen molar-refractivity contribution < 1.29 is 19.1 Å². The molecule has 0 radical (unpaired) electrons. The van der Waals surface area contributed by atoms with E-state index in [2.05, 4.69) is 0 Å². The zero-order valence-corrected chi connectivity index (χ0v) is 15.4. The molecule has 0 bridgehead atoms. The number of esters is 1. The second-order valence-corrected chi connectivity index (χ2v) is 7.64. The second-order valence-electron chi connectivity index (χ2n) is 7.64. The molecule has 4 heteroatoms. The zero-order chi connectivity index (χ0) is 18.8. The molecule has 2 aromatic rings. The summed E-state index contributed by atoms with van der Waals surface area (Å²) in [5, 5.41) is 0. The van der Waals surface area contributed by atoms with Gasteiger partial charge in [-0.1, -0.05) is 60.7 Å². The van der Waals surface area contributed by atoms with Crippen LogP contribution in [0, 0.1) is 0 Å². The number of benzene rings is 2. The first kappa shape index (κ1) is 18.3. The van der Waals surface area contributed by atoms with Gasteiger partial charge in [0.05, 0.1) is 6.10 Å². The fourth-order valence-corrected chi connectivity index (χ4v) is 3.16. The lowest BCUT2D eigenvalue weighted by Gasteiger charge is -2.30. The van der Waals surface area contributed by atoms with Crippen LogP contribution in [0.1, 0.15) is 44.4 Å². The molecule has 136 valence electrons. The van der Waals surface area contributed by atoms with Crippen molar-refractivity contribution in [2.24, 2.45) is 0 Å². The number of ketones is 1. The third-order valence-corrected chi connectivity index (χ3v) is 4.36. The van der Waals surface area contributed by atoms with Crippen molar-refractivity contribution >= 4 is 11.8 Å². The Morgan fingerprint density at radius 3 is 2.23 bits per heavy atom. The van der Waals surface area contributed by atoms with Crippen molar-refractivity contribution in [3.63, 3.8) is 0 Å². The minimum atomic E-state index is -1.60. The van der Waals surface area contributed by atoms with Crippen molar-refractivity contribution in [1.82, 2.24) is 0 Å². The molecule has 1 heterocycles. The average molecular weight is 352 g/mol. The molecule has 2 atom stereocenters. The molecule has 0 saturated carbocycles. The molecule has 0 aromatic heterocycles. The van der Waals surface area contributed by atoms with Gasteiger partial charge in [-0.25, -0.2) is 4.79 Å². The molecule has 0 unspecified atom stereocenters. The van der Waals surface area contributed by atoms with E-state index in [1.807, 2.05) is 60.7 Å². The van der Waals surface area contributed by atoms with Crippen molar-refractivity contribution in [2.75, 3.05) is 0 Å². The summed E-state index contributed by atoms with van der Waals surface area (Å²) in [7, 11) is 0. The lowest BCUT2D eigenvalue weighted by atomic mass is 9.89. The smallest absolute Gasteiger partial charge is 0.347 e. The van der Waals surface area contributed by atoms with Crippen molar-refractivity contribution in [1.29, 1.82) is 0 Å². The van der Waals surface area contributed by atoms with Gasteiger partial charge >= 0.3 is 5.97 Å². The Hall–Kier alpha value is -2.46.